The van der Waals surface area contributed by atoms with E-state index in [0.29, 0.717) is 0 Å². The Balaban J connectivity index is 2.26. The molecule has 0 saturated carbocycles. The van der Waals surface area contributed by atoms with E-state index < -0.39 is 0 Å². The number of hydrogen-bond donors (Lipinski definition) is 0. The molecule has 0 amide bonds. The molecule has 0 N–H and O–H groups in total. The largest absolute Gasteiger partial charge is 0.260 e. The van der Waals surface area contributed by atoms with Crippen LogP contribution in [0.25, 0.3) is 0 Å². The summed E-state index contributed by atoms with van der Waals surface area (Å²) in [7, 11) is 0. The van der Waals surface area contributed by atoms with Gasteiger partial charge in [0.1, 0.15) is 0 Å². The first-order chi connectivity index (χ1) is 9.29. The molecule has 2 aromatic rings. The first-order valence-corrected chi connectivity index (χ1v) is 7.20. The van der Waals surface area contributed by atoms with Crippen LogP contribution >= 0.6 is 0 Å². The van der Waals surface area contributed by atoms with E-state index >= 15 is 0 Å². The van der Waals surface area contributed by atoms with Crippen molar-refractivity contribution in [3.63, 3.8) is 0 Å². The summed E-state index contributed by atoms with van der Waals surface area (Å²) in [5, 5.41) is 0. The first kappa shape index (κ1) is 14.7. The van der Waals surface area contributed by atoms with E-state index in [1.807, 2.05) is 12.3 Å². The van der Waals surface area contributed by atoms with Crippen LogP contribution in [0.3, 0.4) is 0 Å². The zero-order chi connectivity index (χ0) is 14.8. The number of hydrogen-bond acceptors (Lipinski definition) is 1. The van der Waals surface area contributed by atoms with Gasteiger partial charge in [0.2, 0.25) is 0 Å². The third kappa shape index (κ3) is 3.44. The Morgan fingerprint density at radius 3 is 2.35 bits per heavy atom. The zero-order valence-corrected chi connectivity index (χ0v) is 13.2. The van der Waals surface area contributed by atoms with Crippen LogP contribution in [0.4, 0.5) is 0 Å². The van der Waals surface area contributed by atoms with Gasteiger partial charge in [-0.15, -0.1) is 0 Å². The normalized spacial score (nSPS) is 12.4. The fraction of sp³-hybridized carbons (Fsp3) is 0.444. The minimum Gasteiger partial charge on any atom is -0.260 e. The maximum Gasteiger partial charge on any atom is 0.172 e. The van der Waals surface area contributed by atoms with Crippen molar-refractivity contribution in [3.05, 3.63) is 60.2 Å². The van der Waals surface area contributed by atoms with Gasteiger partial charge >= 0.3 is 0 Å². The Labute approximate surface area is 122 Å². The highest BCUT2D eigenvalue weighted by Gasteiger charge is 2.27. The van der Waals surface area contributed by atoms with E-state index in [1.54, 1.807) is 0 Å². The van der Waals surface area contributed by atoms with Gasteiger partial charge in [-0.3, -0.25) is 4.98 Å². The maximum absolute atomic E-state index is 4.50. The minimum atomic E-state index is 0.0163. The Hall–Kier alpha value is -1.70. The molecule has 2 aromatic heterocycles. The second-order valence-electron chi connectivity index (χ2n) is 7.11. The summed E-state index contributed by atoms with van der Waals surface area (Å²) in [5.74, 6) is 0. The number of nitrogens with zero attached hydrogens (tertiary/aromatic N) is 2. The van der Waals surface area contributed by atoms with Crippen LogP contribution in [0, 0.1) is 0 Å². The molecule has 20 heavy (non-hydrogen) atoms. The van der Waals surface area contributed by atoms with Crippen molar-refractivity contribution in [2.75, 3.05) is 0 Å². The van der Waals surface area contributed by atoms with Crippen molar-refractivity contribution in [2.45, 2.75) is 52.0 Å². The molecule has 0 unspecified atom stereocenters. The predicted molar refractivity (Wildman–Crippen MR) is 82.6 cm³/mol. The molecule has 2 heteroatoms. The molecule has 2 rings (SSSR count). The van der Waals surface area contributed by atoms with Gasteiger partial charge in [-0.1, -0.05) is 26.8 Å². The van der Waals surface area contributed by atoms with E-state index in [4.69, 9.17) is 0 Å². The van der Waals surface area contributed by atoms with Crippen molar-refractivity contribution in [1.82, 2.24) is 4.98 Å². The minimum absolute atomic E-state index is 0.0163. The third-order valence-electron chi connectivity index (χ3n) is 3.66. The molecule has 0 aliphatic carbocycles. The zero-order valence-electron chi connectivity index (χ0n) is 13.2. The average molecular weight is 269 g/mol. The Kier molecular flexibility index (Phi) is 3.94. The van der Waals surface area contributed by atoms with Gasteiger partial charge in [0, 0.05) is 17.8 Å². The predicted octanol–water partition coefficient (Wildman–Crippen LogP) is 3.64. The SMILES string of the molecule is CC(C)(C)c1ccc[n+](CC(C)(C)c2ccccn2)c1. The lowest BCUT2D eigenvalue weighted by molar-refractivity contribution is -0.704. The highest BCUT2D eigenvalue weighted by atomic mass is 14.9. The molecule has 0 bridgehead atoms. The molecule has 2 nitrogen and oxygen atoms in total. The van der Waals surface area contributed by atoms with E-state index in [9.17, 15) is 0 Å². The van der Waals surface area contributed by atoms with Crippen molar-refractivity contribution >= 4 is 0 Å². The number of rotatable bonds is 3. The summed E-state index contributed by atoms with van der Waals surface area (Å²) in [6.45, 7) is 12.1. The second-order valence-corrected chi connectivity index (χ2v) is 7.11. The fourth-order valence-corrected chi connectivity index (χ4v) is 2.36. The molecule has 0 aliphatic heterocycles. The average Bonchev–Trinajstić information content (AvgIpc) is 2.38. The summed E-state index contributed by atoms with van der Waals surface area (Å²) >= 11 is 0. The van der Waals surface area contributed by atoms with Crippen molar-refractivity contribution < 1.29 is 4.57 Å². The summed E-state index contributed by atoms with van der Waals surface area (Å²) in [5.41, 5.74) is 2.69. The van der Waals surface area contributed by atoms with Gasteiger partial charge in [-0.2, -0.15) is 0 Å². The van der Waals surface area contributed by atoms with Crippen molar-refractivity contribution in [3.8, 4) is 0 Å². The van der Waals surface area contributed by atoms with Crippen LogP contribution in [0.1, 0.15) is 45.9 Å². The highest BCUT2D eigenvalue weighted by Crippen LogP contribution is 2.22. The molecule has 0 aliphatic rings. The lowest BCUT2D eigenvalue weighted by Crippen LogP contribution is -2.44. The monoisotopic (exact) mass is 269 g/mol. The molecule has 106 valence electrons. The molecular weight excluding hydrogens is 244 g/mol. The lowest BCUT2D eigenvalue weighted by Gasteiger charge is -2.22. The van der Waals surface area contributed by atoms with Crippen LogP contribution in [0.2, 0.25) is 0 Å². The Morgan fingerprint density at radius 2 is 1.75 bits per heavy atom. The maximum atomic E-state index is 4.50. The van der Waals surface area contributed by atoms with Crippen LogP contribution in [-0.2, 0) is 17.4 Å². The summed E-state index contributed by atoms with van der Waals surface area (Å²) < 4.78 is 2.27. The molecule has 0 atom stereocenters. The van der Waals surface area contributed by atoms with E-state index in [1.165, 1.54) is 5.56 Å². The summed E-state index contributed by atoms with van der Waals surface area (Å²) in [4.78, 5) is 4.50. The molecule has 0 aromatic carbocycles. The van der Waals surface area contributed by atoms with E-state index in [-0.39, 0.29) is 10.8 Å². The molecule has 0 saturated heterocycles. The molecule has 0 spiro atoms. The van der Waals surface area contributed by atoms with Crippen LogP contribution in [-0.4, -0.2) is 4.98 Å². The van der Waals surface area contributed by atoms with Gasteiger partial charge in [-0.25, -0.2) is 4.57 Å². The quantitative estimate of drug-likeness (QED) is 0.777. The molecule has 2 heterocycles. The molecule has 0 radical (unpaired) electrons. The Morgan fingerprint density at radius 1 is 1.00 bits per heavy atom. The fourth-order valence-electron chi connectivity index (χ4n) is 2.36. The van der Waals surface area contributed by atoms with Crippen molar-refractivity contribution in [1.29, 1.82) is 0 Å². The van der Waals surface area contributed by atoms with Gasteiger partial charge in [0.05, 0.1) is 11.1 Å². The second kappa shape index (κ2) is 5.35. The third-order valence-corrected chi connectivity index (χ3v) is 3.66. The smallest absolute Gasteiger partial charge is 0.172 e. The van der Waals surface area contributed by atoms with Crippen LogP contribution < -0.4 is 4.57 Å². The molecular formula is C18H25N2+. The van der Waals surface area contributed by atoms with E-state index in [0.717, 1.165) is 12.2 Å². The number of pyridine rings is 2. The van der Waals surface area contributed by atoms with Gasteiger partial charge in [0.15, 0.2) is 18.9 Å². The van der Waals surface area contributed by atoms with Crippen LogP contribution in [0.5, 0.6) is 0 Å². The Bertz CT molecular complexity index is 565. The van der Waals surface area contributed by atoms with Gasteiger partial charge in [0.25, 0.3) is 0 Å². The highest BCUT2D eigenvalue weighted by molar-refractivity contribution is 5.16. The topological polar surface area (TPSA) is 16.8 Å². The van der Waals surface area contributed by atoms with Gasteiger partial charge < -0.3 is 0 Å². The van der Waals surface area contributed by atoms with Gasteiger partial charge in [-0.05, 0) is 37.5 Å². The lowest BCUT2D eigenvalue weighted by atomic mass is 9.87. The van der Waals surface area contributed by atoms with Crippen LogP contribution in [0.15, 0.2) is 48.9 Å². The standard InChI is InChI=1S/C18H25N2/c1-17(2,3)15-9-8-12-20(13-15)14-18(4,5)16-10-6-7-11-19-16/h6-13H,14H2,1-5H3/q+1. The number of aromatic nitrogens is 2. The van der Waals surface area contributed by atoms with E-state index in [2.05, 4.69) is 80.8 Å². The summed E-state index contributed by atoms with van der Waals surface area (Å²) in [6.07, 6.45) is 6.26. The molecule has 0 fully saturated rings. The summed E-state index contributed by atoms with van der Waals surface area (Å²) in [6, 6.07) is 10.5. The first-order valence-electron chi connectivity index (χ1n) is 7.20. The van der Waals surface area contributed by atoms with Crippen molar-refractivity contribution in [2.24, 2.45) is 0 Å².